The lowest BCUT2D eigenvalue weighted by Gasteiger charge is -2.14. The third-order valence-corrected chi connectivity index (χ3v) is 5.34. The molecule has 4 nitrogen and oxygen atoms in total. The van der Waals surface area contributed by atoms with E-state index in [4.69, 9.17) is 13.9 Å². The zero-order valence-corrected chi connectivity index (χ0v) is 17.9. The summed E-state index contributed by atoms with van der Waals surface area (Å²) < 4.78 is 70.7. The second-order valence-electron chi connectivity index (χ2n) is 7.77. The Morgan fingerprint density at radius 1 is 0.800 bits per heavy atom. The van der Waals surface area contributed by atoms with Gasteiger partial charge in [-0.1, -0.05) is 42.5 Å². The molecule has 176 valence electrons. The summed E-state index contributed by atoms with van der Waals surface area (Å²) in [5.41, 5.74) is -0.607. The molecule has 0 atom stereocenters. The van der Waals surface area contributed by atoms with Gasteiger partial charge in [0.05, 0.1) is 5.39 Å². The van der Waals surface area contributed by atoms with Crippen LogP contribution in [-0.4, -0.2) is 0 Å². The van der Waals surface area contributed by atoms with Crippen molar-refractivity contribution in [3.63, 3.8) is 0 Å². The summed E-state index contributed by atoms with van der Waals surface area (Å²) in [5.74, 6) is -2.64. The normalized spacial score (nSPS) is 11.7. The van der Waals surface area contributed by atoms with Gasteiger partial charge in [-0.3, -0.25) is 4.79 Å². The van der Waals surface area contributed by atoms with E-state index in [1.807, 2.05) is 12.1 Å². The van der Waals surface area contributed by atoms with Crippen LogP contribution in [0.3, 0.4) is 0 Å². The second-order valence-corrected chi connectivity index (χ2v) is 7.77. The molecular formula is C27H16F4O4. The minimum absolute atomic E-state index is 0.0469. The Labute approximate surface area is 195 Å². The van der Waals surface area contributed by atoms with Gasteiger partial charge in [0.1, 0.15) is 29.5 Å². The van der Waals surface area contributed by atoms with Gasteiger partial charge in [-0.15, -0.1) is 0 Å². The summed E-state index contributed by atoms with van der Waals surface area (Å²) in [6.07, 6.45) is -4.98. The van der Waals surface area contributed by atoms with Gasteiger partial charge in [0.15, 0.2) is 0 Å². The first-order chi connectivity index (χ1) is 16.8. The lowest BCUT2D eigenvalue weighted by atomic mass is 10.1. The molecule has 1 aromatic heterocycles. The van der Waals surface area contributed by atoms with Gasteiger partial charge in [0.2, 0.25) is 11.2 Å². The van der Waals surface area contributed by atoms with E-state index in [9.17, 15) is 22.4 Å². The highest BCUT2D eigenvalue weighted by Gasteiger charge is 2.40. The number of hydrogen-bond donors (Lipinski definition) is 0. The molecule has 1 heterocycles. The summed E-state index contributed by atoms with van der Waals surface area (Å²) in [7, 11) is 0. The Morgan fingerprint density at radius 2 is 1.51 bits per heavy atom. The van der Waals surface area contributed by atoms with E-state index in [0.29, 0.717) is 5.56 Å². The summed E-state index contributed by atoms with van der Waals surface area (Å²) in [5, 5.41) is 1.52. The fraction of sp³-hybridized carbons (Fsp3) is 0.0741. The average molecular weight is 480 g/mol. The quantitative estimate of drug-likeness (QED) is 0.245. The van der Waals surface area contributed by atoms with Crippen molar-refractivity contribution >= 4 is 21.7 Å². The van der Waals surface area contributed by atoms with Crippen molar-refractivity contribution in [2.75, 3.05) is 0 Å². The Kier molecular flexibility index (Phi) is 5.64. The average Bonchev–Trinajstić information content (AvgIpc) is 2.84. The van der Waals surface area contributed by atoms with Crippen LogP contribution in [0.5, 0.6) is 17.2 Å². The second kappa shape index (κ2) is 8.79. The topological polar surface area (TPSA) is 48.7 Å². The number of ether oxygens (including phenoxy) is 2. The van der Waals surface area contributed by atoms with E-state index >= 15 is 0 Å². The maximum absolute atomic E-state index is 13.8. The SMILES string of the molecule is O=c1c(Oc2ccc3ccccc3c2)c(C(F)(F)F)oc2cc(OCc3ccc(F)cc3)ccc12. The van der Waals surface area contributed by atoms with Crippen LogP contribution < -0.4 is 14.9 Å². The number of halogens is 4. The maximum Gasteiger partial charge on any atom is 0.453 e. The predicted octanol–water partition coefficient (Wildman–Crippen LogP) is 7.48. The Balaban J connectivity index is 1.52. The summed E-state index contributed by atoms with van der Waals surface area (Å²) >= 11 is 0. The van der Waals surface area contributed by atoms with E-state index in [1.54, 1.807) is 24.3 Å². The lowest BCUT2D eigenvalue weighted by Crippen LogP contribution is -2.15. The van der Waals surface area contributed by atoms with Gasteiger partial charge >= 0.3 is 6.18 Å². The molecule has 5 rings (SSSR count). The van der Waals surface area contributed by atoms with Crippen LogP contribution in [0, 0.1) is 5.82 Å². The van der Waals surface area contributed by atoms with Crippen LogP contribution in [0.2, 0.25) is 0 Å². The molecule has 0 aliphatic rings. The molecule has 0 fully saturated rings. The number of benzene rings is 4. The number of alkyl halides is 3. The van der Waals surface area contributed by atoms with E-state index < -0.39 is 28.9 Å². The maximum atomic E-state index is 13.8. The van der Waals surface area contributed by atoms with E-state index in [2.05, 4.69) is 0 Å². The van der Waals surface area contributed by atoms with Crippen LogP contribution in [0.15, 0.2) is 94.1 Å². The van der Waals surface area contributed by atoms with Crippen molar-refractivity contribution < 1.29 is 31.5 Å². The van der Waals surface area contributed by atoms with Gasteiger partial charge in [-0.2, -0.15) is 13.2 Å². The summed E-state index contributed by atoms with van der Waals surface area (Å²) in [4.78, 5) is 13.0. The van der Waals surface area contributed by atoms with Crippen LogP contribution in [-0.2, 0) is 12.8 Å². The Bertz CT molecular complexity index is 1590. The first-order valence-electron chi connectivity index (χ1n) is 10.5. The minimum Gasteiger partial charge on any atom is -0.489 e. The lowest BCUT2D eigenvalue weighted by molar-refractivity contribution is -0.154. The smallest absolute Gasteiger partial charge is 0.453 e. The van der Waals surface area contributed by atoms with E-state index in [0.717, 1.165) is 10.8 Å². The van der Waals surface area contributed by atoms with Crippen molar-refractivity contribution in [3.05, 3.63) is 112 Å². The van der Waals surface area contributed by atoms with E-state index in [1.165, 1.54) is 48.5 Å². The van der Waals surface area contributed by atoms with Crippen LogP contribution >= 0.6 is 0 Å². The molecule has 0 aliphatic heterocycles. The standard InChI is InChI=1S/C27H16F4O4/c28-19-8-5-16(6-9-19)15-33-20-11-12-22-23(14-20)35-26(27(29,30)31)25(24(22)32)34-21-10-7-17-3-1-2-4-18(17)13-21/h1-14H,15H2. The number of hydrogen-bond acceptors (Lipinski definition) is 4. The van der Waals surface area contributed by atoms with Gasteiger partial charge in [-0.25, -0.2) is 4.39 Å². The Hall–Kier alpha value is -4.33. The molecule has 8 heteroatoms. The Morgan fingerprint density at radius 3 is 2.26 bits per heavy atom. The van der Waals surface area contributed by atoms with Crippen molar-refractivity contribution in [3.8, 4) is 17.2 Å². The molecule has 5 aromatic rings. The van der Waals surface area contributed by atoms with Gasteiger partial charge in [0, 0.05) is 6.07 Å². The summed E-state index contributed by atoms with van der Waals surface area (Å²) in [6.45, 7) is 0.0469. The zero-order chi connectivity index (χ0) is 24.6. The minimum atomic E-state index is -4.98. The molecule has 0 spiro atoms. The molecule has 0 radical (unpaired) electrons. The van der Waals surface area contributed by atoms with Gasteiger partial charge in [-0.05, 0) is 52.7 Å². The highest BCUT2D eigenvalue weighted by atomic mass is 19.4. The van der Waals surface area contributed by atoms with Crippen LogP contribution in [0.1, 0.15) is 11.3 Å². The molecule has 35 heavy (non-hydrogen) atoms. The first kappa shape index (κ1) is 22.5. The first-order valence-corrected chi connectivity index (χ1v) is 10.5. The monoisotopic (exact) mass is 480 g/mol. The van der Waals surface area contributed by atoms with Crippen LogP contribution in [0.4, 0.5) is 17.6 Å². The van der Waals surface area contributed by atoms with Gasteiger partial charge < -0.3 is 13.9 Å². The predicted molar refractivity (Wildman–Crippen MR) is 122 cm³/mol. The van der Waals surface area contributed by atoms with Crippen molar-refractivity contribution in [1.82, 2.24) is 0 Å². The molecule has 0 N–H and O–H groups in total. The molecule has 0 amide bonds. The molecule has 0 saturated carbocycles. The third kappa shape index (κ3) is 4.68. The molecule has 4 aromatic carbocycles. The number of fused-ring (bicyclic) bond motifs is 2. The summed E-state index contributed by atoms with van der Waals surface area (Å²) in [6, 6.07) is 21.5. The largest absolute Gasteiger partial charge is 0.489 e. The molecule has 0 unspecified atom stereocenters. The zero-order valence-electron chi connectivity index (χ0n) is 17.9. The van der Waals surface area contributed by atoms with E-state index in [-0.39, 0.29) is 29.1 Å². The molecule has 0 saturated heterocycles. The van der Waals surface area contributed by atoms with Gasteiger partial charge in [0.25, 0.3) is 5.76 Å². The third-order valence-electron chi connectivity index (χ3n) is 5.34. The molecule has 0 aliphatic carbocycles. The van der Waals surface area contributed by atoms with Crippen molar-refractivity contribution in [2.45, 2.75) is 12.8 Å². The van der Waals surface area contributed by atoms with Crippen molar-refractivity contribution in [2.24, 2.45) is 0 Å². The highest BCUT2D eigenvalue weighted by Crippen LogP contribution is 2.39. The molecule has 0 bridgehead atoms. The highest BCUT2D eigenvalue weighted by molar-refractivity contribution is 5.84. The van der Waals surface area contributed by atoms with Crippen molar-refractivity contribution in [1.29, 1.82) is 0 Å². The fourth-order valence-corrected chi connectivity index (χ4v) is 3.62. The van der Waals surface area contributed by atoms with Crippen LogP contribution in [0.25, 0.3) is 21.7 Å². The number of rotatable bonds is 5. The fourth-order valence-electron chi connectivity index (χ4n) is 3.62. The molecular weight excluding hydrogens is 464 g/mol.